The Morgan fingerprint density at radius 3 is 2.62 bits per heavy atom. The van der Waals surface area contributed by atoms with Gasteiger partial charge >= 0.3 is 0 Å². The van der Waals surface area contributed by atoms with Crippen molar-refractivity contribution in [3.05, 3.63) is 46.5 Å². The van der Waals surface area contributed by atoms with Crippen molar-refractivity contribution >= 4 is 17.2 Å². The van der Waals surface area contributed by atoms with E-state index >= 15 is 0 Å². The molecule has 0 saturated carbocycles. The standard InChI is InChI=1S/C25H32N4O4S/c1-16(2)23(21-6-5-13-34-21)27-25(30)17-9-11-29(12-10-17)15-22-26-24(28-33-22)18-7-8-19(31-3)20(14-18)32-4/h5-8,13-14,16-17,23H,9-12,15H2,1-4H3,(H,27,30)/t23-/m1/s1. The minimum absolute atomic E-state index is 0.0301. The van der Waals surface area contributed by atoms with Crippen LogP contribution in [-0.4, -0.2) is 48.3 Å². The Bertz CT molecular complexity index is 1070. The van der Waals surface area contributed by atoms with Crippen molar-refractivity contribution in [2.75, 3.05) is 27.3 Å². The van der Waals surface area contributed by atoms with Crippen molar-refractivity contribution in [2.24, 2.45) is 11.8 Å². The molecule has 0 spiro atoms. The molecule has 182 valence electrons. The fourth-order valence-corrected chi connectivity index (χ4v) is 5.21. The molecule has 1 amide bonds. The van der Waals surface area contributed by atoms with Crippen molar-refractivity contribution in [1.29, 1.82) is 0 Å². The number of benzene rings is 1. The number of carbonyl (C=O) groups excluding carboxylic acids is 1. The van der Waals surface area contributed by atoms with Crippen molar-refractivity contribution in [3.8, 4) is 22.9 Å². The molecule has 3 aromatic rings. The molecule has 1 aromatic carbocycles. The van der Waals surface area contributed by atoms with Crippen molar-refractivity contribution in [3.63, 3.8) is 0 Å². The first-order chi connectivity index (χ1) is 16.5. The number of carbonyl (C=O) groups is 1. The molecule has 2 aromatic heterocycles. The molecule has 1 aliphatic heterocycles. The van der Waals surface area contributed by atoms with Gasteiger partial charge in [-0.2, -0.15) is 4.98 Å². The van der Waals surface area contributed by atoms with Crippen LogP contribution >= 0.6 is 11.3 Å². The zero-order valence-electron chi connectivity index (χ0n) is 20.1. The number of piperidine rings is 1. The molecular weight excluding hydrogens is 452 g/mol. The van der Waals surface area contributed by atoms with Crippen LogP contribution < -0.4 is 14.8 Å². The van der Waals surface area contributed by atoms with Crippen molar-refractivity contribution in [2.45, 2.75) is 39.3 Å². The number of nitrogens with zero attached hydrogens (tertiary/aromatic N) is 3. The van der Waals surface area contributed by atoms with E-state index in [2.05, 4.69) is 45.7 Å². The van der Waals surface area contributed by atoms with E-state index in [0.717, 1.165) is 31.5 Å². The maximum atomic E-state index is 12.9. The number of nitrogens with one attached hydrogen (secondary N) is 1. The molecule has 8 nitrogen and oxygen atoms in total. The third-order valence-corrected chi connectivity index (χ3v) is 7.20. The fourth-order valence-electron chi connectivity index (χ4n) is 4.26. The van der Waals surface area contributed by atoms with Gasteiger partial charge in [-0.1, -0.05) is 25.1 Å². The zero-order chi connectivity index (χ0) is 24.1. The topological polar surface area (TPSA) is 89.7 Å². The van der Waals surface area contributed by atoms with E-state index in [1.165, 1.54) is 4.88 Å². The Labute approximate surface area is 204 Å². The molecule has 3 heterocycles. The van der Waals surface area contributed by atoms with Gasteiger partial charge in [0.15, 0.2) is 11.5 Å². The Hall–Kier alpha value is -2.91. The summed E-state index contributed by atoms with van der Waals surface area (Å²) in [5, 5.41) is 9.47. The van der Waals surface area contributed by atoms with Crippen LogP contribution in [0.1, 0.15) is 43.5 Å². The van der Waals surface area contributed by atoms with Gasteiger partial charge in [0.05, 0.1) is 26.8 Å². The van der Waals surface area contributed by atoms with Crippen LogP contribution in [0.25, 0.3) is 11.4 Å². The molecule has 0 bridgehead atoms. The average Bonchev–Trinajstić information content (AvgIpc) is 3.55. The van der Waals surface area contributed by atoms with Crippen LogP contribution in [0, 0.1) is 11.8 Å². The lowest BCUT2D eigenvalue weighted by Gasteiger charge is -2.31. The summed E-state index contributed by atoms with van der Waals surface area (Å²) in [6.45, 7) is 6.50. The SMILES string of the molecule is COc1ccc(-c2noc(CN3CCC(C(=O)N[C@@H](c4cccs4)C(C)C)CC3)n2)cc1OC. The molecule has 0 radical (unpaired) electrons. The van der Waals surface area contributed by atoms with Gasteiger partial charge in [-0.3, -0.25) is 9.69 Å². The van der Waals surface area contributed by atoms with E-state index in [9.17, 15) is 4.79 Å². The van der Waals surface area contributed by atoms with Gasteiger partial charge in [-0.05, 0) is 61.5 Å². The first-order valence-electron chi connectivity index (χ1n) is 11.6. The predicted octanol–water partition coefficient (Wildman–Crippen LogP) is 4.54. The zero-order valence-corrected chi connectivity index (χ0v) is 20.9. The molecule has 1 aliphatic rings. The van der Waals surface area contributed by atoms with Crippen molar-refractivity contribution < 1.29 is 18.8 Å². The second-order valence-corrected chi connectivity index (χ2v) is 9.86. The average molecular weight is 485 g/mol. The lowest BCUT2D eigenvalue weighted by molar-refractivity contribution is -0.127. The van der Waals surface area contributed by atoms with Gasteiger partial charge in [-0.25, -0.2) is 0 Å². The maximum Gasteiger partial charge on any atom is 0.241 e. The lowest BCUT2D eigenvalue weighted by atomic mass is 9.94. The number of methoxy groups -OCH3 is 2. The normalized spacial score (nSPS) is 15.9. The summed E-state index contributed by atoms with van der Waals surface area (Å²) in [4.78, 5) is 21.0. The summed E-state index contributed by atoms with van der Waals surface area (Å²) in [5.41, 5.74) is 0.800. The number of amides is 1. The van der Waals surface area contributed by atoms with Gasteiger partial charge in [0.25, 0.3) is 0 Å². The number of rotatable bonds is 9. The molecule has 34 heavy (non-hydrogen) atoms. The minimum atomic E-state index is 0.0301. The summed E-state index contributed by atoms with van der Waals surface area (Å²) < 4.78 is 16.1. The van der Waals surface area contributed by atoms with E-state index in [0.29, 0.717) is 35.7 Å². The summed E-state index contributed by atoms with van der Waals surface area (Å²) in [7, 11) is 3.20. The monoisotopic (exact) mass is 484 g/mol. The molecule has 0 unspecified atom stereocenters. The number of likely N-dealkylation sites (tertiary alicyclic amines) is 1. The molecule has 1 N–H and O–H groups in total. The van der Waals surface area contributed by atoms with Crippen LogP contribution in [0.2, 0.25) is 0 Å². The van der Waals surface area contributed by atoms with Gasteiger partial charge in [-0.15, -0.1) is 11.3 Å². The van der Waals surface area contributed by atoms with Gasteiger partial charge in [0, 0.05) is 16.4 Å². The van der Waals surface area contributed by atoms with E-state index < -0.39 is 0 Å². The molecule has 9 heteroatoms. The highest BCUT2D eigenvalue weighted by atomic mass is 32.1. The van der Waals surface area contributed by atoms with E-state index in [1.54, 1.807) is 25.6 Å². The van der Waals surface area contributed by atoms with E-state index in [4.69, 9.17) is 14.0 Å². The van der Waals surface area contributed by atoms with Gasteiger partial charge in [0.1, 0.15) is 0 Å². The molecular formula is C25H32N4O4S. The van der Waals surface area contributed by atoms with E-state index in [1.807, 2.05) is 24.3 Å². The number of ether oxygens (including phenoxy) is 2. The van der Waals surface area contributed by atoms with E-state index in [-0.39, 0.29) is 17.9 Å². The van der Waals surface area contributed by atoms with Crippen LogP contribution in [0.15, 0.2) is 40.2 Å². The predicted molar refractivity (Wildman–Crippen MR) is 131 cm³/mol. The third kappa shape index (κ3) is 5.59. The van der Waals surface area contributed by atoms with Crippen LogP contribution in [0.4, 0.5) is 0 Å². The largest absolute Gasteiger partial charge is 0.493 e. The summed E-state index contributed by atoms with van der Waals surface area (Å²) in [6.07, 6.45) is 1.63. The smallest absolute Gasteiger partial charge is 0.241 e. The molecule has 1 fully saturated rings. The Morgan fingerprint density at radius 1 is 1.21 bits per heavy atom. The number of hydrogen-bond acceptors (Lipinski definition) is 8. The second kappa shape index (κ2) is 11.0. The Morgan fingerprint density at radius 2 is 1.97 bits per heavy atom. The van der Waals surface area contributed by atoms with Crippen molar-refractivity contribution in [1.82, 2.24) is 20.4 Å². The van der Waals surface area contributed by atoms with Crippen LogP contribution in [0.3, 0.4) is 0 Å². The Balaban J connectivity index is 1.31. The number of aromatic nitrogens is 2. The fraction of sp³-hybridized carbons (Fsp3) is 0.480. The van der Waals surface area contributed by atoms with Crippen LogP contribution in [-0.2, 0) is 11.3 Å². The highest BCUT2D eigenvalue weighted by Crippen LogP contribution is 2.31. The highest BCUT2D eigenvalue weighted by Gasteiger charge is 2.29. The first-order valence-corrected chi connectivity index (χ1v) is 12.5. The highest BCUT2D eigenvalue weighted by molar-refractivity contribution is 7.10. The second-order valence-electron chi connectivity index (χ2n) is 8.88. The number of hydrogen-bond donors (Lipinski definition) is 1. The summed E-state index contributed by atoms with van der Waals surface area (Å²) >= 11 is 1.69. The molecule has 4 rings (SSSR count). The summed E-state index contributed by atoms with van der Waals surface area (Å²) in [5.74, 6) is 2.87. The quantitative estimate of drug-likeness (QED) is 0.477. The molecule has 1 atom stereocenters. The minimum Gasteiger partial charge on any atom is -0.493 e. The first kappa shape index (κ1) is 24.2. The summed E-state index contributed by atoms with van der Waals surface area (Å²) in [6, 6.07) is 9.73. The number of thiophene rings is 1. The third-order valence-electron chi connectivity index (χ3n) is 6.24. The van der Waals surface area contributed by atoms with Gasteiger partial charge < -0.3 is 19.3 Å². The van der Waals surface area contributed by atoms with Crippen LogP contribution in [0.5, 0.6) is 11.5 Å². The Kier molecular flexibility index (Phi) is 7.84. The lowest BCUT2D eigenvalue weighted by Crippen LogP contribution is -2.42. The maximum absolute atomic E-state index is 12.9. The molecule has 0 aliphatic carbocycles. The molecule has 1 saturated heterocycles. The van der Waals surface area contributed by atoms with Gasteiger partial charge in [0.2, 0.25) is 17.6 Å².